The number of hydrogen-bond acceptors (Lipinski definition) is 8. The minimum absolute atomic E-state index is 0.145. The lowest BCUT2D eigenvalue weighted by molar-refractivity contribution is -0.122. The van der Waals surface area contributed by atoms with Crippen molar-refractivity contribution < 1.29 is 28.5 Å². The third kappa shape index (κ3) is 13.2. The van der Waals surface area contributed by atoms with E-state index in [1.54, 1.807) is 0 Å². The topological polar surface area (TPSA) is 120 Å². The quantitative estimate of drug-likeness (QED) is 0.158. The van der Waals surface area contributed by atoms with E-state index in [1.807, 2.05) is 64.1 Å². The Morgan fingerprint density at radius 3 is 1.41 bits per heavy atom. The maximum atomic E-state index is 12.2. The molecule has 2 rings (SSSR count). The lowest BCUT2D eigenvalue weighted by atomic mass is 10.2. The van der Waals surface area contributed by atoms with Crippen LogP contribution in [-0.4, -0.2) is 50.7 Å². The molecule has 0 fully saturated rings. The molecule has 0 saturated carbocycles. The van der Waals surface area contributed by atoms with Gasteiger partial charge in [0.05, 0.1) is 38.9 Å². The second-order valence-electron chi connectivity index (χ2n) is 9.23. The molecule has 224 valence electrons. The van der Waals surface area contributed by atoms with Crippen molar-refractivity contribution in [2.24, 2.45) is 10.2 Å². The smallest absolute Gasteiger partial charge is 0.240 e. The van der Waals surface area contributed by atoms with Crippen molar-refractivity contribution in [1.82, 2.24) is 10.9 Å². The largest absolute Gasteiger partial charge is 0.493 e. The number of rotatable bonds is 20. The van der Waals surface area contributed by atoms with Gasteiger partial charge < -0.3 is 18.9 Å². The standard InChI is InChI=1S/C31H44N4O6/c1-5-16-38-26-14-12-24(28(20-26)40-18-7-3)22-32-34-30(36)10-9-11-31(37)35-33-23-25-13-15-27(39-17-6-2)21-29(25)41-19-8-4/h12-15,20-23H,5-11,16-19H2,1-4H3,(H,34,36)(H,35,37)/b32-22+,33-23+. The molecule has 2 aromatic rings. The molecule has 10 nitrogen and oxygen atoms in total. The summed E-state index contributed by atoms with van der Waals surface area (Å²) in [5.74, 6) is 2.14. The summed E-state index contributed by atoms with van der Waals surface area (Å²) < 4.78 is 23.0. The van der Waals surface area contributed by atoms with Crippen LogP contribution in [0.1, 0.15) is 83.8 Å². The molecule has 41 heavy (non-hydrogen) atoms. The van der Waals surface area contributed by atoms with Gasteiger partial charge in [-0.1, -0.05) is 27.7 Å². The van der Waals surface area contributed by atoms with Gasteiger partial charge in [0, 0.05) is 36.1 Å². The first-order valence-corrected chi connectivity index (χ1v) is 14.4. The normalized spacial score (nSPS) is 11.0. The summed E-state index contributed by atoms with van der Waals surface area (Å²) in [6.07, 6.45) is 7.26. The summed E-state index contributed by atoms with van der Waals surface area (Å²) >= 11 is 0. The predicted molar refractivity (Wildman–Crippen MR) is 161 cm³/mol. The zero-order valence-corrected chi connectivity index (χ0v) is 24.7. The molecule has 0 unspecified atom stereocenters. The van der Waals surface area contributed by atoms with E-state index in [2.05, 4.69) is 21.1 Å². The molecule has 0 heterocycles. The van der Waals surface area contributed by atoms with Gasteiger partial charge in [0.2, 0.25) is 11.8 Å². The van der Waals surface area contributed by atoms with Crippen LogP contribution in [0, 0.1) is 0 Å². The molecule has 0 atom stereocenters. The molecule has 0 spiro atoms. The molecular formula is C31H44N4O6. The number of carbonyl (C=O) groups excluding carboxylic acids is 2. The van der Waals surface area contributed by atoms with Crippen molar-refractivity contribution >= 4 is 24.2 Å². The monoisotopic (exact) mass is 568 g/mol. The van der Waals surface area contributed by atoms with E-state index in [-0.39, 0.29) is 24.7 Å². The fraction of sp³-hybridized carbons (Fsp3) is 0.484. The van der Waals surface area contributed by atoms with E-state index in [9.17, 15) is 9.59 Å². The van der Waals surface area contributed by atoms with Crippen LogP contribution in [-0.2, 0) is 9.59 Å². The van der Waals surface area contributed by atoms with Crippen molar-refractivity contribution in [3.05, 3.63) is 47.5 Å². The number of ether oxygens (including phenoxy) is 4. The van der Waals surface area contributed by atoms with Crippen LogP contribution in [0.3, 0.4) is 0 Å². The van der Waals surface area contributed by atoms with Crippen LogP contribution in [0.15, 0.2) is 46.6 Å². The number of amides is 2. The fourth-order valence-corrected chi connectivity index (χ4v) is 3.41. The first-order valence-electron chi connectivity index (χ1n) is 14.4. The molecule has 0 saturated heterocycles. The van der Waals surface area contributed by atoms with Gasteiger partial charge in [0.15, 0.2) is 0 Å². The molecule has 2 aromatic carbocycles. The second kappa shape index (κ2) is 19.9. The predicted octanol–water partition coefficient (Wildman–Crippen LogP) is 5.61. The number of carbonyl (C=O) groups is 2. The van der Waals surface area contributed by atoms with Crippen molar-refractivity contribution in [2.75, 3.05) is 26.4 Å². The fourth-order valence-electron chi connectivity index (χ4n) is 3.41. The average Bonchev–Trinajstić information content (AvgIpc) is 2.98. The maximum absolute atomic E-state index is 12.2. The molecule has 0 aliphatic rings. The van der Waals surface area contributed by atoms with Gasteiger partial charge in [-0.2, -0.15) is 10.2 Å². The Hall–Kier alpha value is -4.08. The Morgan fingerprint density at radius 2 is 1.02 bits per heavy atom. The van der Waals surface area contributed by atoms with Crippen LogP contribution in [0.2, 0.25) is 0 Å². The summed E-state index contributed by atoms with van der Waals surface area (Å²) in [4.78, 5) is 24.4. The highest BCUT2D eigenvalue weighted by atomic mass is 16.5. The van der Waals surface area contributed by atoms with Crippen LogP contribution in [0.4, 0.5) is 0 Å². The van der Waals surface area contributed by atoms with Gasteiger partial charge in [0.1, 0.15) is 23.0 Å². The minimum atomic E-state index is -0.292. The van der Waals surface area contributed by atoms with E-state index >= 15 is 0 Å². The number of nitrogens with zero attached hydrogens (tertiary/aromatic N) is 2. The summed E-state index contributed by atoms with van der Waals surface area (Å²) in [6, 6.07) is 11.0. The summed E-state index contributed by atoms with van der Waals surface area (Å²) in [5.41, 5.74) is 6.46. The zero-order chi connectivity index (χ0) is 29.7. The first-order chi connectivity index (χ1) is 20.0. The van der Waals surface area contributed by atoms with Crippen molar-refractivity contribution in [3.63, 3.8) is 0 Å². The molecule has 0 bridgehead atoms. The maximum Gasteiger partial charge on any atom is 0.240 e. The Balaban J connectivity index is 1.80. The molecule has 2 N–H and O–H groups in total. The molecule has 0 aliphatic carbocycles. The Bertz CT molecular complexity index is 1050. The highest BCUT2D eigenvalue weighted by molar-refractivity contribution is 5.86. The third-order valence-corrected chi connectivity index (χ3v) is 5.43. The van der Waals surface area contributed by atoms with E-state index in [1.165, 1.54) is 12.4 Å². The number of hydrazone groups is 2. The molecule has 2 amide bonds. The van der Waals surface area contributed by atoms with Gasteiger partial charge in [-0.25, -0.2) is 10.9 Å². The van der Waals surface area contributed by atoms with Crippen LogP contribution < -0.4 is 29.8 Å². The Morgan fingerprint density at radius 1 is 0.634 bits per heavy atom. The summed E-state index contributed by atoms with van der Waals surface area (Å²) in [6.45, 7) is 10.5. The lowest BCUT2D eigenvalue weighted by Gasteiger charge is -2.11. The summed E-state index contributed by atoms with van der Waals surface area (Å²) in [5, 5.41) is 8.09. The van der Waals surface area contributed by atoms with E-state index in [0.717, 1.165) is 48.3 Å². The highest BCUT2D eigenvalue weighted by Crippen LogP contribution is 2.25. The van der Waals surface area contributed by atoms with Gasteiger partial charge in [-0.05, 0) is 56.4 Å². The van der Waals surface area contributed by atoms with Gasteiger partial charge in [-0.3, -0.25) is 9.59 Å². The molecule has 0 radical (unpaired) electrons. The number of hydrogen-bond donors (Lipinski definition) is 2. The van der Waals surface area contributed by atoms with Crippen molar-refractivity contribution in [2.45, 2.75) is 72.6 Å². The van der Waals surface area contributed by atoms with Crippen LogP contribution >= 0.6 is 0 Å². The van der Waals surface area contributed by atoms with E-state index in [0.29, 0.717) is 44.3 Å². The Labute approximate surface area is 243 Å². The van der Waals surface area contributed by atoms with Crippen LogP contribution in [0.5, 0.6) is 23.0 Å². The molecule has 0 aromatic heterocycles. The number of benzene rings is 2. The molecular weight excluding hydrogens is 524 g/mol. The zero-order valence-electron chi connectivity index (χ0n) is 24.7. The molecule has 10 heteroatoms. The minimum Gasteiger partial charge on any atom is -0.493 e. The van der Waals surface area contributed by atoms with Gasteiger partial charge in [-0.15, -0.1) is 0 Å². The summed E-state index contributed by atoms with van der Waals surface area (Å²) in [7, 11) is 0. The Kier molecular flexibility index (Phi) is 16.1. The number of nitrogens with one attached hydrogen (secondary N) is 2. The molecule has 0 aliphatic heterocycles. The highest BCUT2D eigenvalue weighted by Gasteiger charge is 2.08. The van der Waals surface area contributed by atoms with Crippen molar-refractivity contribution in [3.8, 4) is 23.0 Å². The van der Waals surface area contributed by atoms with Crippen molar-refractivity contribution in [1.29, 1.82) is 0 Å². The van der Waals surface area contributed by atoms with E-state index < -0.39 is 0 Å². The van der Waals surface area contributed by atoms with Crippen LogP contribution in [0.25, 0.3) is 0 Å². The van der Waals surface area contributed by atoms with Gasteiger partial charge >= 0.3 is 0 Å². The van der Waals surface area contributed by atoms with Gasteiger partial charge in [0.25, 0.3) is 0 Å². The third-order valence-electron chi connectivity index (χ3n) is 5.43. The second-order valence-corrected chi connectivity index (χ2v) is 9.23. The lowest BCUT2D eigenvalue weighted by Crippen LogP contribution is -2.20. The first kappa shape index (κ1) is 33.1. The average molecular weight is 569 g/mol. The van der Waals surface area contributed by atoms with E-state index in [4.69, 9.17) is 18.9 Å². The SMILES string of the molecule is CCCOc1ccc(/C=N/NC(=O)CCCC(=O)N/N=C/c2ccc(OCCC)cc2OCCC)c(OCCC)c1.